The first-order valence-corrected chi connectivity index (χ1v) is 10.8. The zero-order valence-corrected chi connectivity index (χ0v) is 18.7. The highest BCUT2D eigenvalue weighted by Gasteiger charge is 2.26. The van der Waals surface area contributed by atoms with Crippen LogP contribution in [0.4, 0.5) is 0 Å². The number of hydrogen-bond donors (Lipinski definition) is 4. The minimum Gasteiger partial charge on any atom is -0.349 e. The molecule has 2 amide bonds. The van der Waals surface area contributed by atoms with Crippen molar-refractivity contribution < 1.29 is 9.59 Å². The van der Waals surface area contributed by atoms with Gasteiger partial charge in [0.25, 0.3) is 0 Å². The second-order valence-electron chi connectivity index (χ2n) is 8.42. The molecule has 8 heteroatoms. The Hall–Kier alpha value is -3.68. The van der Waals surface area contributed by atoms with Crippen LogP contribution in [0.2, 0.25) is 0 Å². The van der Waals surface area contributed by atoms with Crippen LogP contribution in [-0.2, 0) is 22.7 Å². The Morgan fingerprint density at radius 1 is 0.781 bits per heavy atom. The molecule has 4 rings (SSSR count). The SMILES string of the molecule is Cc1ccc2nc(CNC(=O)C(C)C(C)C(=O)NCc3nc4ccc(C)cc4[nH]3)[nH]c2c1. The summed E-state index contributed by atoms with van der Waals surface area (Å²) in [6.45, 7) is 8.11. The third kappa shape index (κ3) is 4.64. The number of aryl methyl sites for hydroxylation is 2. The number of aromatic amines is 2. The lowest BCUT2D eigenvalue weighted by molar-refractivity contribution is -0.133. The van der Waals surface area contributed by atoms with Gasteiger partial charge in [0.15, 0.2) is 0 Å². The number of fused-ring (bicyclic) bond motifs is 2. The Morgan fingerprint density at radius 2 is 1.19 bits per heavy atom. The van der Waals surface area contributed by atoms with Gasteiger partial charge in [-0.15, -0.1) is 0 Å². The molecule has 2 aromatic heterocycles. The zero-order valence-electron chi connectivity index (χ0n) is 18.7. The van der Waals surface area contributed by atoms with Crippen LogP contribution >= 0.6 is 0 Å². The average Bonchev–Trinajstić information content (AvgIpc) is 3.37. The summed E-state index contributed by atoms with van der Waals surface area (Å²) in [5.41, 5.74) is 5.89. The lowest BCUT2D eigenvalue weighted by Gasteiger charge is -2.18. The molecular weight excluding hydrogens is 404 g/mol. The number of imidazole rings is 2. The number of H-pyrrole nitrogens is 2. The van der Waals surface area contributed by atoms with E-state index in [2.05, 4.69) is 30.6 Å². The molecule has 4 aromatic rings. The molecule has 0 aliphatic rings. The molecule has 0 aliphatic carbocycles. The summed E-state index contributed by atoms with van der Waals surface area (Å²) < 4.78 is 0. The molecule has 4 N–H and O–H groups in total. The summed E-state index contributed by atoms with van der Waals surface area (Å²) in [5, 5.41) is 5.75. The fourth-order valence-electron chi connectivity index (χ4n) is 3.64. The molecule has 0 saturated heterocycles. The van der Waals surface area contributed by atoms with Gasteiger partial charge in [0.2, 0.25) is 11.8 Å². The first-order chi connectivity index (χ1) is 15.3. The van der Waals surface area contributed by atoms with E-state index in [0.29, 0.717) is 11.6 Å². The van der Waals surface area contributed by atoms with E-state index in [1.807, 2.05) is 50.2 Å². The Morgan fingerprint density at radius 3 is 1.59 bits per heavy atom. The van der Waals surface area contributed by atoms with Gasteiger partial charge in [-0.2, -0.15) is 0 Å². The van der Waals surface area contributed by atoms with Crippen molar-refractivity contribution in [1.82, 2.24) is 30.6 Å². The minimum atomic E-state index is -0.486. The van der Waals surface area contributed by atoms with Crippen LogP contribution in [0.5, 0.6) is 0 Å². The predicted octanol–water partition coefficient (Wildman–Crippen LogP) is 3.26. The van der Waals surface area contributed by atoms with Gasteiger partial charge in [-0.25, -0.2) is 9.97 Å². The van der Waals surface area contributed by atoms with Crippen LogP contribution in [0.3, 0.4) is 0 Å². The summed E-state index contributed by atoms with van der Waals surface area (Å²) in [6, 6.07) is 11.9. The van der Waals surface area contributed by atoms with Crippen LogP contribution in [0, 0.1) is 25.7 Å². The molecule has 0 radical (unpaired) electrons. The molecule has 2 atom stereocenters. The number of nitrogens with one attached hydrogen (secondary N) is 4. The molecule has 2 aromatic carbocycles. The van der Waals surface area contributed by atoms with Crippen molar-refractivity contribution in [2.24, 2.45) is 11.8 Å². The van der Waals surface area contributed by atoms with E-state index in [1.165, 1.54) is 0 Å². The number of carbonyl (C=O) groups is 2. The highest BCUT2D eigenvalue weighted by Crippen LogP contribution is 2.16. The molecule has 0 fully saturated rings. The van der Waals surface area contributed by atoms with Gasteiger partial charge < -0.3 is 20.6 Å². The molecule has 166 valence electrons. The largest absolute Gasteiger partial charge is 0.349 e. The third-order valence-electron chi connectivity index (χ3n) is 5.81. The number of nitrogens with zero attached hydrogens (tertiary/aromatic N) is 2. The number of benzene rings is 2. The lowest BCUT2D eigenvalue weighted by Crippen LogP contribution is -2.39. The van der Waals surface area contributed by atoms with Crippen LogP contribution < -0.4 is 10.6 Å². The maximum absolute atomic E-state index is 12.6. The standard InChI is InChI=1S/C24H28N6O2/c1-13-5-7-17-19(9-13)29-21(27-17)11-25-23(31)15(3)16(4)24(32)26-12-22-28-18-8-6-14(2)10-20(18)30-22/h5-10,15-16H,11-12H2,1-4H3,(H,25,31)(H,26,32)(H,27,29)(H,28,30). The Labute approximate surface area is 186 Å². The molecule has 2 heterocycles. The van der Waals surface area contributed by atoms with Gasteiger partial charge >= 0.3 is 0 Å². The summed E-state index contributed by atoms with van der Waals surface area (Å²) in [4.78, 5) is 40.6. The maximum Gasteiger partial charge on any atom is 0.223 e. The second kappa shape index (κ2) is 8.82. The van der Waals surface area contributed by atoms with E-state index in [1.54, 1.807) is 13.8 Å². The maximum atomic E-state index is 12.6. The molecule has 2 unspecified atom stereocenters. The Bertz CT molecular complexity index is 1190. The Kier molecular flexibility index (Phi) is 5.94. The second-order valence-corrected chi connectivity index (χ2v) is 8.42. The van der Waals surface area contributed by atoms with Gasteiger partial charge in [-0.1, -0.05) is 26.0 Å². The van der Waals surface area contributed by atoms with Gasteiger partial charge in [0.05, 0.1) is 35.2 Å². The number of aromatic nitrogens is 4. The normalized spacial score (nSPS) is 13.2. The number of hydrogen-bond acceptors (Lipinski definition) is 4. The Balaban J connectivity index is 1.30. The fourth-order valence-corrected chi connectivity index (χ4v) is 3.64. The molecule has 0 aliphatic heterocycles. The molecule has 0 spiro atoms. The summed E-state index contributed by atoms with van der Waals surface area (Å²) >= 11 is 0. The van der Waals surface area contributed by atoms with Crippen molar-refractivity contribution in [2.45, 2.75) is 40.8 Å². The summed E-state index contributed by atoms with van der Waals surface area (Å²) in [7, 11) is 0. The van der Waals surface area contributed by atoms with E-state index in [9.17, 15) is 9.59 Å². The van der Waals surface area contributed by atoms with Crippen molar-refractivity contribution >= 4 is 33.9 Å². The average molecular weight is 433 g/mol. The monoisotopic (exact) mass is 432 g/mol. The highest BCUT2D eigenvalue weighted by atomic mass is 16.2. The number of rotatable bonds is 7. The molecule has 32 heavy (non-hydrogen) atoms. The molecule has 0 bridgehead atoms. The van der Waals surface area contributed by atoms with E-state index >= 15 is 0 Å². The topological polar surface area (TPSA) is 116 Å². The van der Waals surface area contributed by atoms with Crippen LogP contribution in [0.1, 0.15) is 36.6 Å². The first kappa shape index (κ1) is 21.5. The fraction of sp³-hybridized carbons (Fsp3) is 0.333. The van der Waals surface area contributed by atoms with E-state index in [-0.39, 0.29) is 24.9 Å². The highest BCUT2D eigenvalue weighted by molar-refractivity contribution is 5.87. The van der Waals surface area contributed by atoms with E-state index < -0.39 is 11.8 Å². The third-order valence-corrected chi connectivity index (χ3v) is 5.81. The van der Waals surface area contributed by atoms with Crippen LogP contribution in [-0.4, -0.2) is 31.8 Å². The predicted molar refractivity (Wildman–Crippen MR) is 124 cm³/mol. The van der Waals surface area contributed by atoms with Gasteiger partial charge in [0.1, 0.15) is 11.6 Å². The number of carbonyl (C=O) groups excluding carboxylic acids is 2. The summed E-state index contributed by atoms with van der Waals surface area (Å²) in [6.07, 6.45) is 0. The molecular formula is C24H28N6O2. The summed E-state index contributed by atoms with van der Waals surface area (Å²) in [5.74, 6) is 0.0126. The smallest absolute Gasteiger partial charge is 0.223 e. The van der Waals surface area contributed by atoms with Crippen LogP contribution in [0.15, 0.2) is 36.4 Å². The quantitative estimate of drug-likeness (QED) is 0.359. The van der Waals surface area contributed by atoms with Gasteiger partial charge in [-0.3, -0.25) is 9.59 Å². The van der Waals surface area contributed by atoms with Crippen molar-refractivity contribution in [3.63, 3.8) is 0 Å². The zero-order chi connectivity index (χ0) is 22.8. The van der Waals surface area contributed by atoms with Crippen molar-refractivity contribution in [3.8, 4) is 0 Å². The van der Waals surface area contributed by atoms with Crippen molar-refractivity contribution in [2.75, 3.05) is 0 Å². The van der Waals surface area contributed by atoms with E-state index in [4.69, 9.17) is 0 Å². The van der Waals surface area contributed by atoms with E-state index in [0.717, 1.165) is 33.2 Å². The first-order valence-electron chi connectivity index (χ1n) is 10.8. The van der Waals surface area contributed by atoms with Crippen molar-refractivity contribution in [3.05, 3.63) is 59.2 Å². The van der Waals surface area contributed by atoms with Gasteiger partial charge in [0, 0.05) is 11.8 Å². The molecule has 0 saturated carbocycles. The van der Waals surface area contributed by atoms with Crippen molar-refractivity contribution in [1.29, 1.82) is 0 Å². The molecule has 8 nitrogen and oxygen atoms in total. The minimum absolute atomic E-state index is 0.191. The van der Waals surface area contributed by atoms with Gasteiger partial charge in [-0.05, 0) is 49.2 Å². The number of amides is 2. The van der Waals surface area contributed by atoms with Crippen LogP contribution in [0.25, 0.3) is 22.1 Å². The lowest BCUT2D eigenvalue weighted by atomic mass is 9.94.